The molecule has 0 bridgehead atoms. The van der Waals surface area contributed by atoms with Gasteiger partial charge in [-0.15, -0.1) is 0 Å². The Hall–Kier alpha value is -3.52. The average Bonchev–Trinajstić information content (AvgIpc) is 2.85. The van der Waals surface area contributed by atoms with Crippen LogP contribution in [-0.4, -0.2) is 56.1 Å². The van der Waals surface area contributed by atoms with E-state index in [4.69, 9.17) is 5.73 Å². The van der Waals surface area contributed by atoms with Gasteiger partial charge in [-0.25, -0.2) is 13.8 Å². The number of piperazine rings is 1. The van der Waals surface area contributed by atoms with Crippen LogP contribution in [-0.2, 0) is 11.2 Å². The van der Waals surface area contributed by atoms with Crippen LogP contribution in [0.5, 0.6) is 0 Å². The Balaban J connectivity index is 1.66. The van der Waals surface area contributed by atoms with E-state index in [9.17, 15) is 13.6 Å². The molecular weight excluding hydrogens is 436 g/mol. The molecule has 1 aliphatic rings. The summed E-state index contributed by atoms with van der Waals surface area (Å²) in [6, 6.07) is 11.5. The fraction of sp³-hybridized carbons (Fsp3) is 0.308. The van der Waals surface area contributed by atoms with Crippen LogP contribution >= 0.6 is 0 Å². The number of nitrogen functional groups attached to an aromatic ring is 1. The summed E-state index contributed by atoms with van der Waals surface area (Å²) in [7, 11) is 2.12. The summed E-state index contributed by atoms with van der Waals surface area (Å²) >= 11 is 0. The molecule has 1 saturated heterocycles. The molecule has 0 spiro atoms. The van der Waals surface area contributed by atoms with Crippen LogP contribution in [0.15, 0.2) is 42.6 Å². The van der Waals surface area contributed by atoms with Gasteiger partial charge >= 0.3 is 0 Å². The van der Waals surface area contributed by atoms with Crippen LogP contribution in [0.3, 0.4) is 0 Å². The van der Waals surface area contributed by atoms with Gasteiger partial charge in [0.25, 0.3) is 0 Å². The van der Waals surface area contributed by atoms with Crippen LogP contribution in [0.2, 0.25) is 0 Å². The summed E-state index contributed by atoms with van der Waals surface area (Å²) in [6.07, 6.45) is 2.59. The van der Waals surface area contributed by atoms with Crippen molar-refractivity contribution in [2.75, 3.05) is 50.4 Å². The standard InChI is InChI=1S/C26H29F2N5O/c1-17-19(7-8-30-16-34)13-22(25(28)24(17)27)23-14-20(15-31-26(23)29)18-3-5-21(6-4-18)33-11-9-32(2)10-12-33/h3-6,13-16H,7-12H2,1-2H3,(H2,29,31)(H,30,34). The number of benzene rings is 2. The highest BCUT2D eigenvalue weighted by atomic mass is 19.2. The van der Waals surface area contributed by atoms with Crippen molar-refractivity contribution in [1.29, 1.82) is 0 Å². The number of nitrogens with two attached hydrogens (primary N) is 1. The fourth-order valence-electron chi connectivity index (χ4n) is 4.27. The lowest BCUT2D eigenvalue weighted by atomic mass is 9.95. The number of aromatic nitrogens is 1. The molecule has 34 heavy (non-hydrogen) atoms. The van der Waals surface area contributed by atoms with Crippen molar-refractivity contribution in [3.05, 3.63) is 65.4 Å². The first-order chi connectivity index (χ1) is 16.4. The highest BCUT2D eigenvalue weighted by Gasteiger charge is 2.20. The molecule has 0 radical (unpaired) electrons. The zero-order valence-corrected chi connectivity index (χ0v) is 19.4. The van der Waals surface area contributed by atoms with Crippen LogP contribution in [0.1, 0.15) is 11.1 Å². The number of pyridine rings is 1. The van der Waals surface area contributed by atoms with E-state index in [2.05, 4.69) is 39.3 Å². The van der Waals surface area contributed by atoms with Crippen molar-refractivity contribution in [2.24, 2.45) is 0 Å². The van der Waals surface area contributed by atoms with Gasteiger partial charge in [0.1, 0.15) is 5.82 Å². The second-order valence-corrected chi connectivity index (χ2v) is 8.65. The first kappa shape index (κ1) is 23.6. The van der Waals surface area contributed by atoms with E-state index in [1.807, 2.05) is 12.1 Å². The molecular formula is C26H29F2N5O. The number of carbonyl (C=O) groups is 1. The Kier molecular flexibility index (Phi) is 7.07. The summed E-state index contributed by atoms with van der Waals surface area (Å²) < 4.78 is 29.7. The number of halogens is 2. The Morgan fingerprint density at radius 3 is 2.41 bits per heavy atom. The Labute approximate surface area is 198 Å². The van der Waals surface area contributed by atoms with E-state index >= 15 is 0 Å². The second-order valence-electron chi connectivity index (χ2n) is 8.65. The lowest BCUT2D eigenvalue weighted by Crippen LogP contribution is -2.44. The molecule has 2 heterocycles. The summed E-state index contributed by atoms with van der Waals surface area (Å²) in [6.45, 7) is 5.86. The largest absolute Gasteiger partial charge is 0.383 e. The summed E-state index contributed by atoms with van der Waals surface area (Å²) in [5, 5.41) is 2.55. The number of hydrogen-bond donors (Lipinski definition) is 2. The maximum absolute atomic E-state index is 15.0. The smallest absolute Gasteiger partial charge is 0.207 e. The van der Waals surface area contributed by atoms with Gasteiger partial charge < -0.3 is 20.9 Å². The highest BCUT2D eigenvalue weighted by Crippen LogP contribution is 2.35. The third kappa shape index (κ3) is 4.87. The molecule has 0 saturated carbocycles. The lowest BCUT2D eigenvalue weighted by Gasteiger charge is -2.34. The molecule has 3 aromatic rings. The van der Waals surface area contributed by atoms with E-state index in [0.717, 1.165) is 43.0 Å². The highest BCUT2D eigenvalue weighted by molar-refractivity contribution is 5.80. The topological polar surface area (TPSA) is 74.5 Å². The minimum absolute atomic E-state index is 0.0603. The Morgan fingerprint density at radius 2 is 1.74 bits per heavy atom. The zero-order valence-electron chi connectivity index (χ0n) is 19.4. The molecule has 1 aromatic heterocycles. The molecule has 1 aliphatic heterocycles. The zero-order chi connectivity index (χ0) is 24.2. The molecule has 178 valence electrons. The molecule has 3 N–H and O–H groups in total. The average molecular weight is 466 g/mol. The Bertz CT molecular complexity index is 1170. The molecule has 1 amide bonds. The van der Waals surface area contributed by atoms with E-state index in [1.165, 1.54) is 6.92 Å². The van der Waals surface area contributed by atoms with Gasteiger partial charge in [0.2, 0.25) is 6.41 Å². The van der Waals surface area contributed by atoms with Gasteiger partial charge in [-0.3, -0.25) is 4.79 Å². The van der Waals surface area contributed by atoms with E-state index in [0.29, 0.717) is 30.5 Å². The first-order valence-corrected chi connectivity index (χ1v) is 11.3. The van der Waals surface area contributed by atoms with E-state index in [-0.39, 0.29) is 16.9 Å². The molecule has 8 heteroatoms. The van der Waals surface area contributed by atoms with Gasteiger partial charge in [-0.1, -0.05) is 12.1 Å². The molecule has 0 unspecified atom stereocenters. The van der Waals surface area contributed by atoms with Crippen molar-refractivity contribution in [2.45, 2.75) is 13.3 Å². The fourth-order valence-corrected chi connectivity index (χ4v) is 4.27. The predicted molar refractivity (Wildman–Crippen MR) is 132 cm³/mol. The SMILES string of the molecule is Cc1c(CCNC=O)cc(-c2cc(-c3ccc(N4CCN(C)CC4)cc3)cnc2N)c(F)c1F. The summed E-state index contributed by atoms with van der Waals surface area (Å²) in [4.78, 5) is 19.5. The quantitative estimate of drug-likeness (QED) is 0.412. The van der Waals surface area contributed by atoms with Crippen molar-refractivity contribution in [3.8, 4) is 22.3 Å². The van der Waals surface area contributed by atoms with Gasteiger partial charge in [0.05, 0.1) is 0 Å². The number of anilines is 2. The summed E-state index contributed by atoms with van der Waals surface area (Å²) in [5.74, 6) is -1.75. The van der Waals surface area contributed by atoms with Crippen LogP contribution in [0, 0.1) is 18.6 Å². The molecule has 0 atom stereocenters. The maximum Gasteiger partial charge on any atom is 0.207 e. The monoisotopic (exact) mass is 465 g/mol. The second kappa shape index (κ2) is 10.2. The van der Waals surface area contributed by atoms with Crippen molar-refractivity contribution >= 4 is 17.9 Å². The predicted octanol–water partition coefficient (Wildman–Crippen LogP) is 3.62. The molecule has 0 aliphatic carbocycles. The van der Waals surface area contributed by atoms with Crippen molar-refractivity contribution in [1.82, 2.24) is 15.2 Å². The molecule has 4 rings (SSSR count). The molecule has 6 nitrogen and oxygen atoms in total. The maximum atomic E-state index is 15.0. The van der Waals surface area contributed by atoms with Crippen molar-refractivity contribution in [3.63, 3.8) is 0 Å². The van der Waals surface area contributed by atoms with Crippen molar-refractivity contribution < 1.29 is 13.6 Å². The van der Waals surface area contributed by atoms with Gasteiger partial charge in [0.15, 0.2) is 11.6 Å². The summed E-state index contributed by atoms with van der Waals surface area (Å²) in [5.41, 5.74) is 10.1. The molecule has 2 aromatic carbocycles. The van der Waals surface area contributed by atoms with Gasteiger partial charge in [-0.05, 0) is 61.3 Å². The van der Waals surface area contributed by atoms with E-state index < -0.39 is 11.6 Å². The van der Waals surface area contributed by atoms with E-state index in [1.54, 1.807) is 18.3 Å². The minimum Gasteiger partial charge on any atom is -0.383 e. The van der Waals surface area contributed by atoms with Gasteiger partial charge in [-0.2, -0.15) is 0 Å². The first-order valence-electron chi connectivity index (χ1n) is 11.3. The lowest BCUT2D eigenvalue weighted by molar-refractivity contribution is -0.109. The number of rotatable bonds is 7. The number of carbonyl (C=O) groups excluding carboxylic acids is 1. The minimum atomic E-state index is -0.958. The normalized spacial score (nSPS) is 14.3. The molecule has 1 fully saturated rings. The third-order valence-corrected chi connectivity index (χ3v) is 6.46. The number of likely N-dealkylation sites (N-methyl/N-ethyl adjacent to an activating group) is 1. The van der Waals surface area contributed by atoms with Gasteiger partial charge in [0, 0.05) is 61.3 Å². The number of nitrogens with one attached hydrogen (secondary N) is 1. The van der Waals surface area contributed by atoms with Crippen LogP contribution in [0.25, 0.3) is 22.3 Å². The number of nitrogens with zero attached hydrogens (tertiary/aromatic N) is 3. The number of hydrogen-bond acceptors (Lipinski definition) is 5. The van der Waals surface area contributed by atoms with Crippen LogP contribution < -0.4 is 16.0 Å². The number of amides is 1. The van der Waals surface area contributed by atoms with Crippen LogP contribution in [0.4, 0.5) is 20.3 Å². The third-order valence-electron chi connectivity index (χ3n) is 6.46. The Morgan fingerprint density at radius 1 is 1.03 bits per heavy atom.